The fourth-order valence-corrected chi connectivity index (χ4v) is 6.38. The van der Waals surface area contributed by atoms with Crippen LogP contribution in [0, 0.1) is 12.7 Å². The molecule has 4 rings (SSSR count). The third-order valence-corrected chi connectivity index (χ3v) is 9.20. The molecule has 0 unspecified atom stereocenters. The van der Waals surface area contributed by atoms with Crippen molar-refractivity contribution >= 4 is 23.7 Å². The second-order valence-electron chi connectivity index (χ2n) is 14.5. The maximum absolute atomic E-state index is 14.3. The van der Waals surface area contributed by atoms with Gasteiger partial charge in [0.15, 0.2) is 0 Å². The van der Waals surface area contributed by atoms with Crippen molar-refractivity contribution in [2.45, 2.75) is 96.3 Å². The number of methoxy groups -OCH3 is 1. The zero-order valence-corrected chi connectivity index (χ0v) is 30.1. The van der Waals surface area contributed by atoms with Crippen LogP contribution in [0.2, 0.25) is 0 Å². The minimum Gasteiger partial charge on any atom is -0.467 e. The van der Waals surface area contributed by atoms with Gasteiger partial charge in [-0.3, -0.25) is 14.7 Å². The number of carbonyl (C=O) groups excluding carboxylic acids is 3. The number of alkyl halides is 6. The number of halogens is 7. The number of likely N-dealkylation sites (tertiary alicyclic amines) is 1. The molecule has 282 valence electrons. The van der Waals surface area contributed by atoms with Crippen LogP contribution in [0.3, 0.4) is 0 Å². The highest BCUT2D eigenvalue weighted by Gasteiger charge is 2.54. The van der Waals surface area contributed by atoms with Crippen molar-refractivity contribution in [3.05, 3.63) is 82.4 Å². The van der Waals surface area contributed by atoms with Gasteiger partial charge >= 0.3 is 24.4 Å². The molecule has 2 atom stereocenters. The molecule has 0 bridgehead atoms. The Kier molecular flexibility index (Phi) is 10.6. The van der Waals surface area contributed by atoms with Gasteiger partial charge in [-0.1, -0.05) is 6.07 Å². The van der Waals surface area contributed by atoms with E-state index >= 15 is 0 Å². The van der Waals surface area contributed by atoms with Crippen LogP contribution in [0.5, 0.6) is 0 Å². The molecule has 1 aliphatic heterocycles. The number of anilines is 1. The van der Waals surface area contributed by atoms with Crippen molar-refractivity contribution in [3.8, 4) is 11.1 Å². The molecule has 1 aromatic heterocycles. The molecular weight excluding hydrogens is 699 g/mol. The Balaban J connectivity index is 1.89. The fraction of sp³-hybridized carbons (Fsp3) is 0.459. The molecule has 0 radical (unpaired) electrons. The summed E-state index contributed by atoms with van der Waals surface area (Å²) in [5.74, 6) is -2.14. The van der Waals surface area contributed by atoms with Crippen LogP contribution >= 0.6 is 0 Å². The smallest absolute Gasteiger partial charge is 0.416 e. The van der Waals surface area contributed by atoms with Gasteiger partial charge in [-0.25, -0.2) is 14.0 Å². The summed E-state index contributed by atoms with van der Waals surface area (Å²) in [7, 11) is 2.48. The van der Waals surface area contributed by atoms with E-state index in [1.165, 1.54) is 64.2 Å². The number of hydrogen-bond acceptors (Lipinski definition) is 6. The maximum atomic E-state index is 14.3. The van der Waals surface area contributed by atoms with Crippen LogP contribution in [0.4, 0.5) is 41.2 Å². The monoisotopic (exact) mass is 739 g/mol. The minimum atomic E-state index is -5.13. The second kappa shape index (κ2) is 13.7. The fourth-order valence-electron chi connectivity index (χ4n) is 6.38. The Morgan fingerprint density at radius 2 is 1.44 bits per heavy atom. The van der Waals surface area contributed by atoms with Gasteiger partial charge in [0.1, 0.15) is 17.0 Å². The molecule has 0 spiro atoms. The third kappa shape index (κ3) is 7.87. The molecule has 8 nitrogen and oxygen atoms in total. The van der Waals surface area contributed by atoms with Gasteiger partial charge in [0.25, 0.3) is 0 Å². The molecule has 0 aliphatic carbocycles. The normalized spacial score (nSPS) is 18.3. The molecule has 2 amide bonds. The highest BCUT2D eigenvalue weighted by molar-refractivity contribution is 6.03. The van der Waals surface area contributed by atoms with Crippen molar-refractivity contribution in [2.24, 2.45) is 0 Å². The standard InChI is InChI=1S/C37H40F7N3O5/c1-20-14-24(38)10-11-25(20)26-18-27(28-12-13-35(7,31(49)51-9)47(28)32(50)52-33(2,3)4)45-19-29(26)46(8)30(48)34(5,6)21-15-22(36(39,40)41)17-23(16-21)37(42,43)44/h10-11,14-19,28H,12-13H2,1-9H3/t28-,35-/m1/s1. The van der Waals surface area contributed by atoms with Crippen LogP contribution in [-0.4, -0.2) is 53.2 Å². The van der Waals surface area contributed by atoms with Gasteiger partial charge in [-0.15, -0.1) is 0 Å². The van der Waals surface area contributed by atoms with Gasteiger partial charge in [0, 0.05) is 12.6 Å². The summed E-state index contributed by atoms with van der Waals surface area (Å²) >= 11 is 0. The quantitative estimate of drug-likeness (QED) is 0.185. The number of benzene rings is 2. The van der Waals surface area contributed by atoms with Crippen molar-refractivity contribution in [1.82, 2.24) is 9.88 Å². The summed E-state index contributed by atoms with van der Waals surface area (Å²) in [5.41, 5.74) is -6.55. The van der Waals surface area contributed by atoms with E-state index in [1.54, 1.807) is 33.8 Å². The number of hydrogen-bond donors (Lipinski definition) is 0. The number of aryl methyl sites for hydroxylation is 1. The van der Waals surface area contributed by atoms with Gasteiger partial charge < -0.3 is 14.4 Å². The molecule has 2 aromatic carbocycles. The number of pyridine rings is 1. The third-order valence-electron chi connectivity index (χ3n) is 9.20. The van der Waals surface area contributed by atoms with E-state index in [1.807, 2.05) is 0 Å². The van der Waals surface area contributed by atoms with Crippen molar-refractivity contribution in [1.29, 1.82) is 0 Å². The number of aromatic nitrogens is 1. The number of esters is 1. The Labute approximate surface area is 296 Å². The molecule has 1 saturated heterocycles. The predicted octanol–water partition coefficient (Wildman–Crippen LogP) is 9.18. The largest absolute Gasteiger partial charge is 0.467 e. The summed E-state index contributed by atoms with van der Waals surface area (Å²) in [6, 6.07) is 5.56. The van der Waals surface area contributed by atoms with E-state index in [0.717, 1.165) is 4.90 Å². The van der Waals surface area contributed by atoms with Gasteiger partial charge in [-0.2, -0.15) is 26.3 Å². The number of ether oxygens (including phenoxy) is 2. The molecule has 1 aliphatic rings. The lowest BCUT2D eigenvalue weighted by Gasteiger charge is -2.37. The second-order valence-corrected chi connectivity index (χ2v) is 14.5. The van der Waals surface area contributed by atoms with E-state index in [-0.39, 0.29) is 35.9 Å². The van der Waals surface area contributed by atoms with Gasteiger partial charge in [-0.05, 0) is 114 Å². The number of likely N-dealkylation sites (N-methyl/N-ethyl adjacent to an activating group) is 1. The molecule has 1 fully saturated rings. The van der Waals surface area contributed by atoms with E-state index in [0.29, 0.717) is 23.3 Å². The SMILES string of the molecule is COC(=O)[C@@]1(C)CC[C@H](c2cc(-c3ccc(F)cc3C)c(N(C)C(=O)C(C)(C)c3cc(C(F)(F)F)cc(C(F)(F)F)c3)cn2)N1C(=O)OC(C)(C)C. The van der Waals surface area contributed by atoms with E-state index < -0.39 is 75.4 Å². The number of amides is 2. The first kappa shape index (κ1) is 40.1. The maximum Gasteiger partial charge on any atom is 0.416 e. The minimum absolute atomic E-state index is 0.0133. The summed E-state index contributed by atoms with van der Waals surface area (Å²) in [4.78, 5) is 47.7. The van der Waals surface area contributed by atoms with Crippen molar-refractivity contribution in [3.63, 3.8) is 0 Å². The van der Waals surface area contributed by atoms with Crippen LogP contribution in [0.1, 0.15) is 88.4 Å². The number of rotatable bonds is 6. The molecule has 15 heteroatoms. The summed E-state index contributed by atoms with van der Waals surface area (Å²) in [6.07, 6.45) is -9.41. The zero-order valence-electron chi connectivity index (χ0n) is 30.1. The molecule has 52 heavy (non-hydrogen) atoms. The Hall–Kier alpha value is -4.69. The lowest BCUT2D eigenvalue weighted by Crippen LogP contribution is -2.53. The van der Waals surface area contributed by atoms with Crippen LogP contribution in [-0.2, 0) is 36.8 Å². The first-order valence-electron chi connectivity index (χ1n) is 16.2. The molecule has 2 heterocycles. The van der Waals surface area contributed by atoms with Crippen LogP contribution in [0.15, 0.2) is 48.7 Å². The molecular formula is C37H40F7N3O5. The number of carbonyl (C=O) groups is 3. The molecule has 3 aromatic rings. The highest BCUT2D eigenvalue weighted by atomic mass is 19.4. The van der Waals surface area contributed by atoms with Gasteiger partial charge in [0.2, 0.25) is 5.91 Å². The predicted molar refractivity (Wildman–Crippen MR) is 178 cm³/mol. The van der Waals surface area contributed by atoms with Crippen LogP contribution < -0.4 is 4.90 Å². The van der Waals surface area contributed by atoms with E-state index in [2.05, 4.69) is 4.98 Å². The average Bonchev–Trinajstić information content (AvgIpc) is 3.40. The summed E-state index contributed by atoms with van der Waals surface area (Å²) in [5, 5.41) is 0. The Bertz CT molecular complexity index is 1850. The van der Waals surface area contributed by atoms with Crippen LogP contribution in [0.25, 0.3) is 11.1 Å². The van der Waals surface area contributed by atoms with E-state index in [4.69, 9.17) is 9.47 Å². The lowest BCUT2D eigenvalue weighted by molar-refractivity contribution is -0.153. The van der Waals surface area contributed by atoms with Crippen molar-refractivity contribution < 1.29 is 54.6 Å². The first-order chi connectivity index (χ1) is 23.7. The average molecular weight is 740 g/mol. The van der Waals surface area contributed by atoms with Crippen molar-refractivity contribution in [2.75, 3.05) is 19.1 Å². The topological polar surface area (TPSA) is 89.0 Å². The Morgan fingerprint density at radius 1 is 0.885 bits per heavy atom. The van der Waals surface area contributed by atoms with Gasteiger partial charge in [0.05, 0.1) is 47.3 Å². The Morgan fingerprint density at radius 3 is 1.94 bits per heavy atom. The summed E-state index contributed by atoms with van der Waals surface area (Å²) in [6.45, 7) is 10.5. The van der Waals surface area contributed by atoms with E-state index in [9.17, 15) is 45.1 Å². The highest BCUT2D eigenvalue weighted by Crippen LogP contribution is 2.46. The number of nitrogens with zero attached hydrogens (tertiary/aromatic N) is 3. The summed E-state index contributed by atoms with van der Waals surface area (Å²) < 4.78 is 107. The lowest BCUT2D eigenvalue weighted by atomic mass is 9.81. The first-order valence-corrected chi connectivity index (χ1v) is 16.2. The zero-order chi connectivity index (χ0) is 39.4. The molecule has 0 saturated carbocycles. The molecule has 0 N–H and O–H groups in total.